The lowest BCUT2D eigenvalue weighted by Gasteiger charge is -2.33. The lowest BCUT2D eigenvalue weighted by atomic mass is 9.82. The highest BCUT2D eigenvalue weighted by Gasteiger charge is 2.30. The van der Waals surface area contributed by atoms with E-state index in [1.165, 1.54) is 0 Å². The Morgan fingerprint density at radius 1 is 1.20 bits per heavy atom. The van der Waals surface area contributed by atoms with Crippen molar-refractivity contribution in [3.63, 3.8) is 0 Å². The van der Waals surface area contributed by atoms with Gasteiger partial charge in [0.2, 0.25) is 0 Å². The van der Waals surface area contributed by atoms with E-state index < -0.39 is 6.10 Å². The van der Waals surface area contributed by atoms with Crippen LogP contribution in [0.1, 0.15) is 19.8 Å². The third-order valence-corrected chi connectivity index (χ3v) is 2.23. The molecule has 0 spiro atoms. The molecule has 0 amide bonds. The molecule has 3 nitrogen and oxygen atoms in total. The van der Waals surface area contributed by atoms with Crippen molar-refractivity contribution >= 4 is 0 Å². The summed E-state index contributed by atoms with van der Waals surface area (Å²) in [7, 11) is 0. The first kappa shape index (κ1) is 7.98. The molecule has 2 atom stereocenters. The molecule has 1 fully saturated rings. The summed E-state index contributed by atoms with van der Waals surface area (Å²) in [6.07, 6.45) is 1.31. The summed E-state index contributed by atoms with van der Waals surface area (Å²) >= 11 is 0. The van der Waals surface area contributed by atoms with Crippen LogP contribution >= 0.6 is 0 Å². The zero-order valence-corrected chi connectivity index (χ0v) is 6.33. The second-order valence-corrected chi connectivity index (χ2v) is 3.39. The van der Waals surface area contributed by atoms with E-state index in [1.54, 1.807) is 0 Å². The van der Waals surface area contributed by atoms with Crippen molar-refractivity contribution in [1.29, 1.82) is 0 Å². The number of aliphatic hydroxyl groups is 1. The van der Waals surface area contributed by atoms with Gasteiger partial charge in [-0.3, -0.25) is 0 Å². The quantitative estimate of drug-likeness (QED) is 0.426. The van der Waals surface area contributed by atoms with E-state index in [0.29, 0.717) is 5.92 Å². The molecule has 2 unspecified atom stereocenters. The molecule has 0 aromatic heterocycles. The Kier molecular flexibility index (Phi) is 2.28. The van der Waals surface area contributed by atoms with Gasteiger partial charge in [-0.25, -0.2) is 0 Å². The van der Waals surface area contributed by atoms with E-state index in [9.17, 15) is 5.11 Å². The maximum atomic E-state index is 9.31. The van der Waals surface area contributed by atoms with E-state index in [0.717, 1.165) is 12.8 Å². The molecule has 0 radical (unpaired) electrons. The Hall–Kier alpha value is -0.120. The standard InChI is InChI=1S/C7H16N2O/c1-4-2-5(8)7(10)6(9)3-4/h4-7,10H,2-3,8-9H2,1H3. The van der Waals surface area contributed by atoms with Crippen LogP contribution in [-0.2, 0) is 0 Å². The van der Waals surface area contributed by atoms with E-state index in [2.05, 4.69) is 6.92 Å². The van der Waals surface area contributed by atoms with Crippen LogP contribution in [0.5, 0.6) is 0 Å². The van der Waals surface area contributed by atoms with Gasteiger partial charge in [0.05, 0.1) is 6.10 Å². The highest BCUT2D eigenvalue weighted by molar-refractivity contribution is 4.89. The van der Waals surface area contributed by atoms with Gasteiger partial charge >= 0.3 is 0 Å². The van der Waals surface area contributed by atoms with Crippen LogP contribution < -0.4 is 11.5 Å². The van der Waals surface area contributed by atoms with E-state index in [4.69, 9.17) is 11.5 Å². The summed E-state index contributed by atoms with van der Waals surface area (Å²) in [6, 6.07) is -0.225. The average molecular weight is 144 g/mol. The predicted octanol–water partition coefficient (Wildman–Crippen LogP) is -0.568. The molecule has 1 aliphatic rings. The summed E-state index contributed by atoms with van der Waals surface area (Å²) in [4.78, 5) is 0. The molecule has 0 aromatic carbocycles. The minimum atomic E-state index is -0.490. The molecule has 60 valence electrons. The number of rotatable bonds is 0. The van der Waals surface area contributed by atoms with E-state index in [1.807, 2.05) is 0 Å². The van der Waals surface area contributed by atoms with Gasteiger partial charge in [0.1, 0.15) is 0 Å². The number of aliphatic hydroxyl groups excluding tert-OH is 1. The lowest BCUT2D eigenvalue weighted by molar-refractivity contribution is 0.0701. The summed E-state index contributed by atoms with van der Waals surface area (Å²) in [5.41, 5.74) is 11.3. The maximum absolute atomic E-state index is 9.31. The largest absolute Gasteiger partial charge is 0.390 e. The van der Waals surface area contributed by atoms with Gasteiger partial charge in [-0.15, -0.1) is 0 Å². The van der Waals surface area contributed by atoms with E-state index in [-0.39, 0.29) is 12.1 Å². The van der Waals surface area contributed by atoms with Crippen LogP contribution in [-0.4, -0.2) is 23.3 Å². The molecule has 0 aromatic rings. The smallest absolute Gasteiger partial charge is 0.0841 e. The monoisotopic (exact) mass is 144 g/mol. The molecule has 5 N–H and O–H groups in total. The highest BCUT2D eigenvalue weighted by Crippen LogP contribution is 2.21. The van der Waals surface area contributed by atoms with Gasteiger partial charge in [0.25, 0.3) is 0 Å². The maximum Gasteiger partial charge on any atom is 0.0841 e. The Morgan fingerprint density at radius 2 is 1.60 bits per heavy atom. The zero-order chi connectivity index (χ0) is 7.72. The number of hydrogen-bond donors (Lipinski definition) is 3. The SMILES string of the molecule is CC1CC(N)C(O)C(N)C1. The second kappa shape index (κ2) is 2.86. The minimum absolute atomic E-state index is 0.112. The molecular weight excluding hydrogens is 128 g/mol. The van der Waals surface area contributed by atoms with Crippen LogP contribution in [0.4, 0.5) is 0 Å². The Morgan fingerprint density at radius 3 is 2.00 bits per heavy atom. The first-order chi connectivity index (χ1) is 4.61. The lowest BCUT2D eigenvalue weighted by Crippen LogP contribution is -2.52. The van der Waals surface area contributed by atoms with Gasteiger partial charge in [-0.2, -0.15) is 0 Å². The Balaban J connectivity index is 2.49. The summed E-state index contributed by atoms with van der Waals surface area (Å²) in [5, 5.41) is 9.31. The van der Waals surface area contributed by atoms with Gasteiger partial charge < -0.3 is 16.6 Å². The first-order valence-corrected chi connectivity index (χ1v) is 3.80. The average Bonchev–Trinajstić information content (AvgIpc) is 1.82. The van der Waals surface area contributed by atoms with E-state index >= 15 is 0 Å². The van der Waals surface area contributed by atoms with Gasteiger partial charge in [-0.1, -0.05) is 6.92 Å². The predicted molar refractivity (Wildman–Crippen MR) is 40.4 cm³/mol. The fraction of sp³-hybridized carbons (Fsp3) is 1.00. The molecule has 1 saturated carbocycles. The Labute approximate surface area is 61.4 Å². The van der Waals surface area contributed by atoms with Crippen LogP contribution in [0.15, 0.2) is 0 Å². The normalized spacial score (nSPS) is 49.2. The summed E-state index contributed by atoms with van der Waals surface area (Å²) < 4.78 is 0. The summed E-state index contributed by atoms with van der Waals surface area (Å²) in [6.45, 7) is 2.12. The zero-order valence-electron chi connectivity index (χ0n) is 6.33. The first-order valence-electron chi connectivity index (χ1n) is 3.80. The third kappa shape index (κ3) is 1.48. The van der Waals surface area contributed by atoms with Crippen molar-refractivity contribution in [2.75, 3.05) is 0 Å². The van der Waals surface area contributed by atoms with Crippen molar-refractivity contribution < 1.29 is 5.11 Å². The van der Waals surface area contributed by atoms with Crippen molar-refractivity contribution in [1.82, 2.24) is 0 Å². The summed E-state index contributed by atoms with van der Waals surface area (Å²) in [5.74, 6) is 0.563. The van der Waals surface area contributed by atoms with Gasteiger partial charge in [0, 0.05) is 12.1 Å². The molecule has 3 heteroatoms. The fourth-order valence-electron chi connectivity index (χ4n) is 1.62. The molecule has 0 saturated heterocycles. The van der Waals surface area contributed by atoms with Crippen molar-refractivity contribution in [3.8, 4) is 0 Å². The van der Waals surface area contributed by atoms with Gasteiger partial charge in [-0.05, 0) is 18.8 Å². The van der Waals surface area contributed by atoms with Crippen LogP contribution in [0.25, 0.3) is 0 Å². The van der Waals surface area contributed by atoms with Crippen LogP contribution in [0, 0.1) is 5.92 Å². The van der Waals surface area contributed by atoms with Crippen LogP contribution in [0.2, 0.25) is 0 Å². The van der Waals surface area contributed by atoms with Crippen LogP contribution in [0.3, 0.4) is 0 Å². The molecular formula is C7H16N2O. The topological polar surface area (TPSA) is 72.3 Å². The second-order valence-electron chi connectivity index (χ2n) is 3.39. The Bertz CT molecular complexity index is 106. The molecule has 1 rings (SSSR count). The third-order valence-electron chi connectivity index (χ3n) is 2.23. The minimum Gasteiger partial charge on any atom is -0.390 e. The van der Waals surface area contributed by atoms with Crippen molar-refractivity contribution in [2.45, 2.75) is 38.0 Å². The van der Waals surface area contributed by atoms with Crippen molar-refractivity contribution in [3.05, 3.63) is 0 Å². The molecule has 0 heterocycles. The van der Waals surface area contributed by atoms with Crippen molar-refractivity contribution in [2.24, 2.45) is 17.4 Å². The fourth-order valence-corrected chi connectivity index (χ4v) is 1.62. The molecule has 10 heavy (non-hydrogen) atoms. The number of hydrogen-bond acceptors (Lipinski definition) is 3. The molecule has 1 aliphatic carbocycles. The highest BCUT2D eigenvalue weighted by atomic mass is 16.3. The number of nitrogens with two attached hydrogens (primary N) is 2. The molecule has 0 bridgehead atoms. The van der Waals surface area contributed by atoms with Gasteiger partial charge in [0.15, 0.2) is 0 Å². The molecule has 0 aliphatic heterocycles.